The summed E-state index contributed by atoms with van der Waals surface area (Å²) in [5.41, 5.74) is 2.06. The third-order valence-electron chi connectivity index (χ3n) is 5.59. The predicted octanol–water partition coefficient (Wildman–Crippen LogP) is 3.85. The van der Waals surface area contributed by atoms with Crippen LogP contribution in [0.1, 0.15) is 47.2 Å². The molecule has 1 amide bonds. The molecule has 1 unspecified atom stereocenters. The molecule has 8 nitrogen and oxygen atoms in total. The lowest BCUT2D eigenvalue weighted by molar-refractivity contribution is -0.384. The number of amides is 1. The highest BCUT2D eigenvalue weighted by molar-refractivity contribution is 6.00. The van der Waals surface area contributed by atoms with Gasteiger partial charge in [-0.05, 0) is 41.7 Å². The first kappa shape index (κ1) is 22.0. The van der Waals surface area contributed by atoms with Crippen LogP contribution in [0, 0.1) is 10.1 Å². The van der Waals surface area contributed by atoms with E-state index in [-0.39, 0.29) is 17.3 Å². The highest BCUT2D eigenvalue weighted by atomic mass is 16.6. The quantitative estimate of drug-likeness (QED) is 0.539. The topological polar surface area (TPSA) is 113 Å². The van der Waals surface area contributed by atoms with E-state index in [0.29, 0.717) is 35.2 Å². The van der Waals surface area contributed by atoms with Crippen molar-refractivity contribution < 1.29 is 19.6 Å². The van der Waals surface area contributed by atoms with Crippen LogP contribution < -0.4 is 10.2 Å². The van der Waals surface area contributed by atoms with Gasteiger partial charge >= 0.3 is 5.97 Å². The Balaban J connectivity index is 2.05. The lowest BCUT2D eigenvalue weighted by atomic mass is 9.94. The summed E-state index contributed by atoms with van der Waals surface area (Å²) < 4.78 is 0. The summed E-state index contributed by atoms with van der Waals surface area (Å²) in [5, 5.41) is 24.1. The van der Waals surface area contributed by atoms with Crippen molar-refractivity contribution in [2.24, 2.45) is 0 Å². The second-order valence-corrected chi connectivity index (χ2v) is 7.46. The van der Waals surface area contributed by atoms with Crippen LogP contribution in [0.2, 0.25) is 0 Å². The van der Waals surface area contributed by atoms with E-state index in [1.54, 1.807) is 41.3 Å². The molecule has 31 heavy (non-hydrogen) atoms. The Hall–Kier alpha value is -3.68. The summed E-state index contributed by atoms with van der Waals surface area (Å²) in [6, 6.07) is 10.8. The zero-order chi connectivity index (χ0) is 22.5. The average molecular weight is 423 g/mol. The standard InChI is InChI=1S/C23H25N3O5/c1-15(17-8-5-6-9-18(17)22(27)24-2)16-11-12-19(21(14-16)26(30)31)25-13-7-3-4-10-20(25)23(28)29/h5-6,8-9,11-12,14,20H,1,3-4,7,10,13H2,2H3,(H,24,27)(H,28,29). The highest BCUT2D eigenvalue weighted by Crippen LogP contribution is 2.36. The minimum absolute atomic E-state index is 0.177. The van der Waals surface area contributed by atoms with Gasteiger partial charge in [-0.1, -0.05) is 43.7 Å². The molecule has 1 heterocycles. The molecule has 0 aliphatic carbocycles. The van der Waals surface area contributed by atoms with Crippen molar-refractivity contribution in [2.75, 3.05) is 18.5 Å². The molecule has 2 aromatic rings. The van der Waals surface area contributed by atoms with E-state index in [4.69, 9.17) is 0 Å². The van der Waals surface area contributed by atoms with E-state index < -0.39 is 16.9 Å². The zero-order valence-electron chi connectivity index (χ0n) is 17.3. The number of anilines is 1. The van der Waals surface area contributed by atoms with Crippen molar-refractivity contribution >= 4 is 28.8 Å². The fourth-order valence-corrected chi connectivity index (χ4v) is 3.99. The average Bonchev–Trinajstić information content (AvgIpc) is 3.04. The smallest absolute Gasteiger partial charge is 0.326 e. The minimum atomic E-state index is -0.982. The van der Waals surface area contributed by atoms with Gasteiger partial charge in [0, 0.05) is 25.2 Å². The minimum Gasteiger partial charge on any atom is -0.480 e. The first-order valence-corrected chi connectivity index (χ1v) is 10.1. The number of carbonyl (C=O) groups is 2. The van der Waals surface area contributed by atoms with Crippen LogP contribution in [0.3, 0.4) is 0 Å². The Morgan fingerprint density at radius 2 is 1.87 bits per heavy atom. The van der Waals surface area contributed by atoms with Crippen LogP contribution >= 0.6 is 0 Å². The number of benzene rings is 2. The molecule has 0 bridgehead atoms. The van der Waals surface area contributed by atoms with Gasteiger partial charge in [-0.15, -0.1) is 0 Å². The molecule has 0 spiro atoms. The maximum atomic E-state index is 12.2. The van der Waals surface area contributed by atoms with Gasteiger partial charge in [0.1, 0.15) is 11.7 Å². The molecule has 8 heteroatoms. The van der Waals surface area contributed by atoms with Crippen molar-refractivity contribution in [3.63, 3.8) is 0 Å². The van der Waals surface area contributed by atoms with Gasteiger partial charge in [0.25, 0.3) is 11.6 Å². The molecule has 0 saturated carbocycles. The molecule has 1 saturated heterocycles. The molecule has 2 N–H and O–H groups in total. The Labute approximate surface area is 180 Å². The van der Waals surface area contributed by atoms with Crippen molar-refractivity contribution in [1.29, 1.82) is 0 Å². The first-order chi connectivity index (χ1) is 14.8. The largest absolute Gasteiger partial charge is 0.480 e. The van der Waals surface area contributed by atoms with Gasteiger partial charge in [0.15, 0.2) is 0 Å². The normalized spacial score (nSPS) is 16.3. The third-order valence-corrected chi connectivity index (χ3v) is 5.59. The van der Waals surface area contributed by atoms with Gasteiger partial charge in [0.2, 0.25) is 0 Å². The molecular weight excluding hydrogens is 398 g/mol. The maximum Gasteiger partial charge on any atom is 0.326 e. The van der Waals surface area contributed by atoms with Gasteiger partial charge in [-0.25, -0.2) is 4.79 Å². The Kier molecular flexibility index (Phi) is 6.69. The maximum absolute atomic E-state index is 12.2. The number of hydrogen-bond acceptors (Lipinski definition) is 5. The number of rotatable bonds is 6. The third kappa shape index (κ3) is 4.58. The lowest BCUT2D eigenvalue weighted by Gasteiger charge is -2.29. The highest BCUT2D eigenvalue weighted by Gasteiger charge is 2.32. The Morgan fingerprint density at radius 1 is 1.16 bits per heavy atom. The van der Waals surface area contributed by atoms with Crippen molar-refractivity contribution in [2.45, 2.75) is 31.7 Å². The second kappa shape index (κ2) is 9.42. The van der Waals surface area contributed by atoms with Crippen molar-refractivity contribution in [1.82, 2.24) is 5.32 Å². The first-order valence-electron chi connectivity index (χ1n) is 10.1. The molecule has 1 fully saturated rings. The van der Waals surface area contributed by atoms with E-state index in [1.165, 1.54) is 13.1 Å². The van der Waals surface area contributed by atoms with E-state index in [9.17, 15) is 24.8 Å². The second-order valence-electron chi connectivity index (χ2n) is 7.46. The van der Waals surface area contributed by atoms with Crippen LogP contribution in [0.4, 0.5) is 11.4 Å². The van der Waals surface area contributed by atoms with Crippen LogP contribution in [0.25, 0.3) is 5.57 Å². The molecule has 1 aliphatic heterocycles. The summed E-state index contributed by atoms with van der Waals surface area (Å²) in [5.74, 6) is -1.26. The summed E-state index contributed by atoms with van der Waals surface area (Å²) >= 11 is 0. The number of carboxylic acid groups (broad SMARTS) is 1. The number of aliphatic carboxylic acids is 1. The molecular formula is C23H25N3O5. The van der Waals surface area contributed by atoms with E-state index >= 15 is 0 Å². The van der Waals surface area contributed by atoms with Crippen LogP contribution in [0.15, 0.2) is 49.0 Å². The SMILES string of the molecule is C=C(c1ccc(N2CCCCCC2C(=O)O)c([N+](=O)[O-])c1)c1ccccc1C(=O)NC. The van der Waals surface area contributed by atoms with Gasteiger partial charge in [-0.3, -0.25) is 14.9 Å². The van der Waals surface area contributed by atoms with Crippen LogP contribution in [0.5, 0.6) is 0 Å². The number of nitro benzene ring substituents is 1. The van der Waals surface area contributed by atoms with Gasteiger partial charge in [-0.2, -0.15) is 0 Å². The fourth-order valence-electron chi connectivity index (χ4n) is 3.99. The van der Waals surface area contributed by atoms with E-state index in [2.05, 4.69) is 11.9 Å². The molecule has 3 rings (SSSR count). The van der Waals surface area contributed by atoms with Crippen LogP contribution in [-0.4, -0.2) is 41.5 Å². The molecule has 162 valence electrons. The van der Waals surface area contributed by atoms with E-state index in [1.807, 2.05) is 0 Å². The summed E-state index contributed by atoms with van der Waals surface area (Å²) in [4.78, 5) is 37.0. The molecule has 0 aromatic heterocycles. The summed E-state index contributed by atoms with van der Waals surface area (Å²) in [7, 11) is 1.53. The molecule has 1 aliphatic rings. The summed E-state index contributed by atoms with van der Waals surface area (Å²) in [6.07, 6.45) is 2.88. The monoisotopic (exact) mass is 423 g/mol. The number of carbonyl (C=O) groups excluding carboxylic acids is 1. The summed E-state index contributed by atoms with van der Waals surface area (Å²) in [6.45, 7) is 4.51. The van der Waals surface area contributed by atoms with Crippen molar-refractivity contribution in [3.8, 4) is 0 Å². The van der Waals surface area contributed by atoms with Crippen molar-refractivity contribution in [3.05, 3.63) is 75.8 Å². The number of carboxylic acids is 1. The molecule has 0 radical (unpaired) electrons. The van der Waals surface area contributed by atoms with Gasteiger partial charge in [0.05, 0.1) is 4.92 Å². The number of nitrogens with one attached hydrogen (secondary N) is 1. The molecule has 1 atom stereocenters. The zero-order valence-corrected chi connectivity index (χ0v) is 17.3. The van der Waals surface area contributed by atoms with Gasteiger partial charge < -0.3 is 15.3 Å². The fraction of sp³-hybridized carbons (Fsp3) is 0.304. The molecule has 2 aromatic carbocycles. The number of nitrogens with zero attached hydrogens (tertiary/aromatic N) is 2. The predicted molar refractivity (Wildman–Crippen MR) is 118 cm³/mol. The Bertz CT molecular complexity index is 1030. The van der Waals surface area contributed by atoms with Crippen LogP contribution in [-0.2, 0) is 4.79 Å². The number of nitro groups is 1. The number of hydrogen-bond donors (Lipinski definition) is 2. The Morgan fingerprint density at radius 3 is 2.52 bits per heavy atom. The lowest BCUT2D eigenvalue weighted by Crippen LogP contribution is -2.41. The van der Waals surface area contributed by atoms with E-state index in [0.717, 1.165) is 19.3 Å².